The molecule has 0 aromatic carbocycles. The molecule has 0 aliphatic carbocycles. The van der Waals surface area contributed by atoms with Gasteiger partial charge in [-0.15, -0.1) is 0 Å². The molecule has 2 aromatic rings. The Kier molecular flexibility index (Phi) is 5.38. The quantitative estimate of drug-likeness (QED) is 0.809. The highest BCUT2D eigenvalue weighted by Gasteiger charge is 2.38. The summed E-state index contributed by atoms with van der Waals surface area (Å²) in [5.41, 5.74) is 1.55. The third-order valence-corrected chi connectivity index (χ3v) is 5.75. The second kappa shape index (κ2) is 8.10. The molecule has 8 nitrogen and oxygen atoms in total. The first-order valence-corrected chi connectivity index (χ1v) is 9.82. The maximum atomic E-state index is 12.6. The van der Waals surface area contributed by atoms with Gasteiger partial charge in [0, 0.05) is 51.1 Å². The zero-order valence-electron chi connectivity index (χ0n) is 16.0. The Hall–Kier alpha value is -2.74. The summed E-state index contributed by atoms with van der Waals surface area (Å²) < 4.78 is 1.88. The van der Waals surface area contributed by atoms with Crippen LogP contribution in [0.15, 0.2) is 36.9 Å². The lowest BCUT2D eigenvalue weighted by atomic mass is 9.94. The second-order valence-electron chi connectivity index (χ2n) is 7.62. The maximum Gasteiger partial charge on any atom is 0.254 e. The van der Waals surface area contributed by atoms with E-state index < -0.39 is 0 Å². The molecule has 2 aromatic heterocycles. The number of piperidine rings is 1. The molecular formula is C20H26N6O2. The Labute approximate surface area is 164 Å². The van der Waals surface area contributed by atoms with Crippen LogP contribution in [0.3, 0.4) is 0 Å². The fourth-order valence-electron chi connectivity index (χ4n) is 4.22. The van der Waals surface area contributed by atoms with Crippen molar-refractivity contribution in [2.24, 2.45) is 5.92 Å². The molecule has 0 bridgehead atoms. The number of carbonyl (C=O) groups excluding carboxylic acids is 2. The number of nitrogens with zero attached hydrogens (tertiary/aromatic N) is 4. The van der Waals surface area contributed by atoms with Gasteiger partial charge in [0.2, 0.25) is 5.91 Å². The van der Waals surface area contributed by atoms with Gasteiger partial charge < -0.3 is 15.5 Å². The van der Waals surface area contributed by atoms with Crippen LogP contribution in [0.1, 0.15) is 47.3 Å². The van der Waals surface area contributed by atoms with Gasteiger partial charge in [-0.1, -0.05) is 6.07 Å². The SMILES string of the molecule is CN1C(=O)C[C@H](CNC(=O)c2cnn(C3CCCNC3)c2)[C@H]1c1cccnc1. The minimum atomic E-state index is -0.151. The van der Waals surface area contributed by atoms with Crippen LogP contribution in [0.2, 0.25) is 0 Å². The van der Waals surface area contributed by atoms with Gasteiger partial charge in [0.25, 0.3) is 5.91 Å². The predicted octanol–water partition coefficient (Wildman–Crippen LogP) is 1.15. The van der Waals surface area contributed by atoms with E-state index in [9.17, 15) is 9.59 Å². The molecule has 2 amide bonds. The van der Waals surface area contributed by atoms with Crippen molar-refractivity contribution in [1.29, 1.82) is 0 Å². The summed E-state index contributed by atoms with van der Waals surface area (Å²) in [7, 11) is 1.81. The van der Waals surface area contributed by atoms with Crippen LogP contribution < -0.4 is 10.6 Å². The van der Waals surface area contributed by atoms with Crippen LogP contribution >= 0.6 is 0 Å². The molecule has 0 spiro atoms. The average Bonchev–Trinajstić information content (AvgIpc) is 3.33. The number of hydrogen-bond donors (Lipinski definition) is 2. The molecule has 0 radical (unpaired) electrons. The Morgan fingerprint density at radius 1 is 1.39 bits per heavy atom. The monoisotopic (exact) mass is 382 g/mol. The van der Waals surface area contributed by atoms with Crippen LogP contribution in [-0.2, 0) is 4.79 Å². The molecule has 8 heteroatoms. The van der Waals surface area contributed by atoms with Crippen LogP contribution in [0.4, 0.5) is 0 Å². The molecule has 2 aliphatic heterocycles. The largest absolute Gasteiger partial charge is 0.352 e. The van der Waals surface area contributed by atoms with Gasteiger partial charge in [-0.05, 0) is 31.0 Å². The van der Waals surface area contributed by atoms with E-state index in [0.29, 0.717) is 24.6 Å². The molecule has 2 N–H and O–H groups in total. The van der Waals surface area contributed by atoms with E-state index in [2.05, 4.69) is 20.7 Å². The number of nitrogens with one attached hydrogen (secondary N) is 2. The number of rotatable bonds is 5. The summed E-state index contributed by atoms with van der Waals surface area (Å²) in [6.45, 7) is 2.36. The highest BCUT2D eigenvalue weighted by atomic mass is 16.2. The number of amides is 2. The van der Waals surface area contributed by atoms with Crippen molar-refractivity contribution in [1.82, 2.24) is 30.3 Å². The van der Waals surface area contributed by atoms with E-state index in [1.165, 1.54) is 0 Å². The molecule has 148 valence electrons. The summed E-state index contributed by atoms with van der Waals surface area (Å²) in [6.07, 6.45) is 9.55. The first-order chi connectivity index (χ1) is 13.6. The summed E-state index contributed by atoms with van der Waals surface area (Å²) in [4.78, 5) is 30.8. The summed E-state index contributed by atoms with van der Waals surface area (Å²) in [5.74, 6) is -0.0454. The Balaban J connectivity index is 1.40. The molecule has 2 fully saturated rings. The van der Waals surface area contributed by atoms with Gasteiger partial charge in [0.05, 0.1) is 23.8 Å². The highest BCUT2D eigenvalue weighted by molar-refractivity contribution is 5.93. The molecule has 0 saturated carbocycles. The average molecular weight is 382 g/mol. The van der Waals surface area contributed by atoms with E-state index in [0.717, 1.165) is 31.5 Å². The molecule has 1 unspecified atom stereocenters. The topological polar surface area (TPSA) is 92.2 Å². The Morgan fingerprint density at radius 3 is 3.04 bits per heavy atom. The molecule has 28 heavy (non-hydrogen) atoms. The zero-order valence-corrected chi connectivity index (χ0v) is 16.0. The van der Waals surface area contributed by atoms with Gasteiger partial charge in [-0.2, -0.15) is 5.10 Å². The lowest BCUT2D eigenvalue weighted by Crippen LogP contribution is -2.33. The minimum Gasteiger partial charge on any atom is -0.352 e. The third-order valence-electron chi connectivity index (χ3n) is 5.75. The third kappa shape index (κ3) is 3.77. The van der Waals surface area contributed by atoms with Crippen molar-refractivity contribution in [3.05, 3.63) is 48.0 Å². The van der Waals surface area contributed by atoms with Crippen molar-refractivity contribution >= 4 is 11.8 Å². The summed E-state index contributed by atoms with van der Waals surface area (Å²) in [6, 6.07) is 4.07. The molecule has 4 rings (SSSR count). The van der Waals surface area contributed by atoms with Crippen molar-refractivity contribution in [3.63, 3.8) is 0 Å². The van der Waals surface area contributed by atoms with Crippen molar-refractivity contribution in [3.8, 4) is 0 Å². The molecular weight excluding hydrogens is 356 g/mol. The first-order valence-electron chi connectivity index (χ1n) is 9.82. The van der Waals surface area contributed by atoms with Crippen molar-refractivity contribution in [2.45, 2.75) is 31.3 Å². The first kappa shape index (κ1) is 18.6. The highest BCUT2D eigenvalue weighted by Crippen LogP contribution is 2.36. The fraction of sp³-hybridized carbons (Fsp3) is 0.500. The smallest absolute Gasteiger partial charge is 0.254 e. The van der Waals surface area contributed by atoms with Crippen LogP contribution in [-0.4, -0.2) is 58.2 Å². The number of carbonyl (C=O) groups is 2. The number of likely N-dealkylation sites (tertiary alicyclic amines) is 1. The van der Waals surface area contributed by atoms with Gasteiger partial charge in [0.15, 0.2) is 0 Å². The van der Waals surface area contributed by atoms with Crippen LogP contribution in [0.5, 0.6) is 0 Å². The maximum absolute atomic E-state index is 12.6. The van der Waals surface area contributed by atoms with E-state index in [-0.39, 0.29) is 23.8 Å². The van der Waals surface area contributed by atoms with Crippen LogP contribution in [0.25, 0.3) is 0 Å². The van der Waals surface area contributed by atoms with E-state index >= 15 is 0 Å². The van der Waals surface area contributed by atoms with E-state index in [4.69, 9.17) is 0 Å². The summed E-state index contributed by atoms with van der Waals surface area (Å²) >= 11 is 0. The summed E-state index contributed by atoms with van der Waals surface area (Å²) in [5, 5.41) is 10.7. The molecule has 2 saturated heterocycles. The van der Waals surface area contributed by atoms with Crippen LogP contribution in [0, 0.1) is 5.92 Å². The molecule has 4 heterocycles. The lowest BCUT2D eigenvalue weighted by Gasteiger charge is -2.25. The second-order valence-corrected chi connectivity index (χ2v) is 7.62. The number of aromatic nitrogens is 3. The minimum absolute atomic E-state index is 0.0169. The molecule has 2 aliphatic rings. The Bertz CT molecular complexity index is 830. The van der Waals surface area contributed by atoms with Crippen molar-refractivity contribution in [2.75, 3.05) is 26.7 Å². The molecule has 3 atom stereocenters. The number of hydrogen-bond acceptors (Lipinski definition) is 5. The predicted molar refractivity (Wildman–Crippen MR) is 104 cm³/mol. The fourth-order valence-corrected chi connectivity index (χ4v) is 4.22. The normalized spacial score (nSPS) is 25.1. The van der Waals surface area contributed by atoms with Gasteiger partial charge in [-0.3, -0.25) is 19.3 Å². The van der Waals surface area contributed by atoms with Gasteiger partial charge >= 0.3 is 0 Å². The van der Waals surface area contributed by atoms with Crippen molar-refractivity contribution < 1.29 is 9.59 Å². The van der Waals surface area contributed by atoms with E-state index in [1.807, 2.05) is 30.1 Å². The zero-order chi connectivity index (χ0) is 19.5. The van der Waals surface area contributed by atoms with Gasteiger partial charge in [0.1, 0.15) is 0 Å². The van der Waals surface area contributed by atoms with E-state index in [1.54, 1.807) is 23.5 Å². The standard InChI is InChI=1S/C20H26N6O2/c1-25-18(27)8-15(19(25)14-4-2-6-21-9-14)10-23-20(28)16-11-24-26(13-16)17-5-3-7-22-12-17/h2,4,6,9,11,13,15,17,19,22H,3,5,7-8,10,12H2,1H3,(H,23,28)/t15-,17?,19-/m1/s1. The van der Waals surface area contributed by atoms with Gasteiger partial charge in [-0.25, -0.2) is 0 Å². The lowest BCUT2D eigenvalue weighted by molar-refractivity contribution is -0.127. The Morgan fingerprint density at radius 2 is 2.29 bits per heavy atom. The number of pyridine rings is 1.